The highest BCUT2D eigenvalue weighted by Crippen LogP contribution is 2.36. The van der Waals surface area contributed by atoms with Crippen LogP contribution in [0.4, 0.5) is 0 Å². The summed E-state index contributed by atoms with van der Waals surface area (Å²) in [7, 11) is 2.47. The first kappa shape index (κ1) is 19.9. The molecule has 0 aromatic rings. The lowest BCUT2D eigenvalue weighted by Gasteiger charge is -2.32. The molecule has 22 heavy (non-hydrogen) atoms. The highest BCUT2D eigenvalue weighted by Gasteiger charge is 2.38. The molecule has 1 aliphatic rings. The molecule has 6 unspecified atom stereocenters. The van der Waals surface area contributed by atoms with Crippen molar-refractivity contribution >= 4 is 8.73 Å². The predicted molar refractivity (Wildman–Crippen MR) is 98.9 cm³/mol. The van der Waals surface area contributed by atoms with Gasteiger partial charge in [0.05, 0.1) is 6.17 Å². The van der Waals surface area contributed by atoms with E-state index in [0.717, 1.165) is 19.0 Å². The lowest BCUT2D eigenvalue weighted by atomic mass is 10.1. The summed E-state index contributed by atoms with van der Waals surface area (Å²) in [5.74, 6) is 4.50. The van der Waals surface area contributed by atoms with Crippen molar-refractivity contribution in [2.75, 3.05) is 20.1 Å². The highest BCUT2D eigenvalue weighted by atomic mass is 31.1. The van der Waals surface area contributed by atoms with Gasteiger partial charge in [-0.05, 0) is 52.6 Å². The second-order valence-corrected chi connectivity index (χ2v) is 7.25. The molecule has 0 radical (unpaired) electrons. The third-order valence-corrected chi connectivity index (χ3v) is 4.89. The second kappa shape index (κ2) is 10.6. The molecule has 4 N–H and O–H groups in total. The van der Waals surface area contributed by atoms with Gasteiger partial charge in [0.15, 0.2) is 0 Å². The van der Waals surface area contributed by atoms with Crippen molar-refractivity contribution in [3.8, 4) is 11.6 Å². The van der Waals surface area contributed by atoms with Crippen molar-refractivity contribution in [2.45, 2.75) is 65.2 Å². The molecule has 5 heteroatoms. The van der Waals surface area contributed by atoms with E-state index in [0.29, 0.717) is 24.2 Å². The van der Waals surface area contributed by atoms with Gasteiger partial charge in [0, 0.05) is 33.3 Å². The number of nitrogens with two attached hydrogens (primary N) is 1. The molecule has 4 nitrogen and oxygen atoms in total. The molecule has 6 atom stereocenters. The van der Waals surface area contributed by atoms with E-state index in [2.05, 4.69) is 61.9 Å². The van der Waals surface area contributed by atoms with E-state index < -0.39 is 0 Å². The van der Waals surface area contributed by atoms with Crippen LogP contribution in [0.15, 0.2) is 0 Å². The third-order valence-electron chi connectivity index (χ3n) is 4.60. The average Bonchev–Trinajstić information content (AvgIpc) is 3.21. The Bertz CT molecular complexity index is 365. The molecule has 0 heterocycles. The number of nitrogens with zero attached hydrogens (tertiary/aromatic N) is 1. The van der Waals surface area contributed by atoms with Crippen molar-refractivity contribution in [1.82, 2.24) is 15.5 Å². The summed E-state index contributed by atoms with van der Waals surface area (Å²) in [6, 6.07) is 1.21. The molecule has 1 aliphatic carbocycles. The van der Waals surface area contributed by atoms with E-state index in [-0.39, 0.29) is 8.73 Å². The van der Waals surface area contributed by atoms with Gasteiger partial charge in [-0.1, -0.05) is 25.4 Å². The monoisotopic (exact) mass is 326 g/mol. The fourth-order valence-corrected chi connectivity index (χ4v) is 3.16. The maximum Gasteiger partial charge on any atom is 0.0570 e. The summed E-state index contributed by atoms with van der Waals surface area (Å²) in [5, 5.41) is 7.26. The molecule has 1 saturated carbocycles. The van der Waals surface area contributed by atoms with Gasteiger partial charge in [-0.3, -0.25) is 10.2 Å². The Morgan fingerprint density at radius 2 is 2.09 bits per heavy atom. The Morgan fingerprint density at radius 1 is 1.36 bits per heavy atom. The van der Waals surface area contributed by atoms with E-state index in [9.17, 15) is 0 Å². The Labute approximate surface area is 139 Å². The second-order valence-electron chi connectivity index (χ2n) is 6.71. The number of likely N-dealkylation sites (N-methyl/N-ethyl adjacent to an activating group) is 1. The molecule has 0 aromatic carbocycles. The number of rotatable bonds is 10. The molecule has 0 amide bonds. The molecule has 128 valence electrons. The van der Waals surface area contributed by atoms with Gasteiger partial charge in [-0.15, -0.1) is 0 Å². The molecule has 0 aliphatic heterocycles. The fraction of sp³-hybridized carbons (Fsp3) is 0.882. The minimum atomic E-state index is 0.261. The van der Waals surface area contributed by atoms with Crippen molar-refractivity contribution in [2.24, 2.45) is 17.3 Å². The van der Waals surface area contributed by atoms with Crippen LogP contribution in [-0.4, -0.2) is 43.3 Å². The predicted octanol–water partition coefficient (Wildman–Crippen LogP) is 2.17. The average molecular weight is 326 g/mol. The number of hydrogen-bond acceptors (Lipinski definition) is 4. The zero-order valence-electron chi connectivity index (χ0n) is 14.9. The van der Waals surface area contributed by atoms with E-state index in [1.165, 1.54) is 19.3 Å². The van der Waals surface area contributed by atoms with Gasteiger partial charge in [0.25, 0.3) is 0 Å². The van der Waals surface area contributed by atoms with Crippen LogP contribution in [0, 0.1) is 23.4 Å². The third kappa shape index (κ3) is 7.40. The van der Waals surface area contributed by atoms with E-state index in [1.54, 1.807) is 0 Å². The van der Waals surface area contributed by atoms with Gasteiger partial charge >= 0.3 is 0 Å². The van der Waals surface area contributed by atoms with Crippen molar-refractivity contribution in [3.05, 3.63) is 0 Å². The Hall–Kier alpha value is -0.170. The highest BCUT2D eigenvalue weighted by molar-refractivity contribution is 7.41. The van der Waals surface area contributed by atoms with Crippen LogP contribution >= 0.6 is 8.73 Å². The lowest BCUT2D eigenvalue weighted by molar-refractivity contribution is 0.161. The SMILES string of the molecule is CCCNCC(C)N(C)C(C)NC1CC1CC(C)C#CPN. The first-order valence-corrected chi connectivity index (χ1v) is 9.72. The quantitative estimate of drug-likeness (QED) is 0.249. The summed E-state index contributed by atoms with van der Waals surface area (Å²) in [6.45, 7) is 11.1. The normalized spacial score (nSPS) is 25.0. The molecule has 0 spiro atoms. The minimum Gasteiger partial charge on any atom is -0.315 e. The maximum atomic E-state index is 5.45. The van der Waals surface area contributed by atoms with Crippen molar-refractivity contribution < 1.29 is 0 Å². The van der Waals surface area contributed by atoms with Crippen LogP contribution in [-0.2, 0) is 0 Å². The van der Waals surface area contributed by atoms with Crippen LogP contribution in [0.3, 0.4) is 0 Å². The molecule has 1 rings (SSSR count). The number of nitrogens with one attached hydrogen (secondary N) is 2. The Morgan fingerprint density at radius 3 is 2.73 bits per heavy atom. The summed E-state index contributed by atoms with van der Waals surface area (Å²) in [4.78, 5) is 2.43. The van der Waals surface area contributed by atoms with Gasteiger partial charge in [-0.25, -0.2) is 0 Å². The van der Waals surface area contributed by atoms with E-state index in [4.69, 9.17) is 5.50 Å². The molecule has 0 aromatic heterocycles. The minimum absolute atomic E-state index is 0.261. The maximum absolute atomic E-state index is 5.45. The Kier molecular flexibility index (Phi) is 9.55. The van der Waals surface area contributed by atoms with Crippen LogP contribution in [0.25, 0.3) is 0 Å². The van der Waals surface area contributed by atoms with E-state index in [1.807, 2.05) is 0 Å². The molecule has 0 bridgehead atoms. The first-order chi connectivity index (χ1) is 10.5. The fourth-order valence-electron chi connectivity index (χ4n) is 2.83. The summed E-state index contributed by atoms with van der Waals surface area (Å²) >= 11 is 0. The molecule has 0 saturated heterocycles. The van der Waals surface area contributed by atoms with Gasteiger partial charge in [-0.2, -0.15) is 0 Å². The summed E-state index contributed by atoms with van der Waals surface area (Å²) in [6.07, 6.45) is 4.09. The number of hydrogen-bond donors (Lipinski definition) is 3. The van der Waals surface area contributed by atoms with Crippen LogP contribution in [0.1, 0.15) is 47.0 Å². The van der Waals surface area contributed by atoms with Crippen LogP contribution < -0.4 is 16.1 Å². The smallest absolute Gasteiger partial charge is 0.0570 e. The van der Waals surface area contributed by atoms with Crippen molar-refractivity contribution in [1.29, 1.82) is 0 Å². The zero-order valence-corrected chi connectivity index (χ0v) is 15.9. The standard InChI is InChI=1S/C17H35N4P/c1-6-8-19-12-14(3)21(5)15(4)20-17-11-16(17)10-13(2)7-9-22-18/h13-17,19-20,22H,6,8,10-12,18H2,1-5H3. The topological polar surface area (TPSA) is 53.3 Å². The molecule has 1 fully saturated rings. The van der Waals surface area contributed by atoms with Crippen molar-refractivity contribution in [3.63, 3.8) is 0 Å². The molecular weight excluding hydrogens is 291 g/mol. The van der Waals surface area contributed by atoms with Crippen LogP contribution in [0.5, 0.6) is 0 Å². The summed E-state index contributed by atoms with van der Waals surface area (Å²) < 4.78 is 0. The zero-order chi connectivity index (χ0) is 16.5. The largest absolute Gasteiger partial charge is 0.315 e. The molecular formula is C17H35N4P. The van der Waals surface area contributed by atoms with Gasteiger partial charge in [0.1, 0.15) is 0 Å². The van der Waals surface area contributed by atoms with E-state index >= 15 is 0 Å². The first-order valence-electron chi connectivity index (χ1n) is 8.64. The van der Waals surface area contributed by atoms with Gasteiger partial charge < -0.3 is 10.8 Å². The van der Waals surface area contributed by atoms with Crippen LogP contribution in [0.2, 0.25) is 0 Å². The Balaban J connectivity index is 2.24. The lowest BCUT2D eigenvalue weighted by Crippen LogP contribution is -2.49. The van der Waals surface area contributed by atoms with Gasteiger partial charge in [0.2, 0.25) is 0 Å². The summed E-state index contributed by atoms with van der Waals surface area (Å²) in [5.41, 5.74) is 8.47.